The summed E-state index contributed by atoms with van der Waals surface area (Å²) < 4.78 is 11.9. The lowest BCUT2D eigenvalue weighted by molar-refractivity contribution is 0.112. The molecular weight excluding hydrogens is 284 g/mol. The van der Waals surface area contributed by atoms with E-state index in [0.717, 1.165) is 12.7 Å². The fourth-order valence-electron chi connectivity index (χ4n) is 1.30. The van der Waals surface area contributed by atoms with Crippen LogP contribution < -0.4 is 9.47 Å². The van der Waals surface area contributed by atoms with Gasteiger partial charge >= 0.3 is 0 Å². The monoisotopic (exact) mass is 300 g/mol. The lowest BCUT2D eigenvalue weighted by Crippen LogP contribution is -2.11. The molecule has 0 aliphatic heterocycles. The SMILES string of the molecule is CCOc1cc(C=O)c(Br)cc1O[C@@H](C)CC. The van der Waals surface area contributed by atoms with Gasteiger partial charge in [0.05, 0.1) is 12.7 Å². The zero-order valence-electron chi connectivity index (χ0n) is 10.3. The molecule has 1 atom stereocenters. The number of rotatable bonds is 6. The first-order valence-corrected chi connectivity index (χ1v) is 6.49. The smallest absolute Gasteiger partial charge is 0.162 e. The molecule has 17 heavy (non-hydrogen) atoms. The average Bonchev–Trinajstić information content (AvgIpc) is 2.32. The maximum absolute atomic E-state index is 10.8. The van der Waals surface area contributed by atoms with Gasteiger partial charge in [0.2, 0.25) is 0 Å². The van der Waals surface area contributed by atoms with E-state index >= 15 is 0 Å². The van der Waals surface area contributed by atoms with Crippen LogP contribution in [-0.4, -0.2) is 19.0 Å². The molecule has 0 spiro atoms. The molecule has 94 valence electrons. The first kappa shape index (κ1) is 14.0. The van der Waals surface area contributed by atoms with Crippen LogP contribution >= 0.6 is 15.9 Å². The van der Waals surface area contributed by atoms with E-state index in [2.05, 4.69) is 22.9 Å². The Bertz CT molecular complexity index is 390. The van der Waals surface area contributed by atoms with Crippen LogP contribution in [0.25, 0.3) is 0 Å². The minimum atomic E-state index is 0.114. The van der Waals surface area contributed by atoms with E-state index in [4.69, 9.17) is 9.47 Å². The second-order valence-electron chi connectivity index (χ2n) is 3.71. The van der Waals surface area contributed by atoms with E-state index in [-0.39, 0.29) is 6.10 Å². The number of hydrogen-bond acceptors (Lipinski definition) is 3. The molecule has 0 saturated heterocycles. The predicted octanol–water partition coefficient (Wildman–Crippen LogP) is 3.84. The maximum atomic E-state index is 10.8. The Hall–Kier alpha value is -1.03. The first-order chi connectivity index (χ1) is 8.12. The van der Waals surface area contributed by atoms with Crippen LogP contribution in [-0.2, 0) is 0 Å². The van der Waals surface area contributed by atoms with Gasteiger partial charge in [-0.3, -0.25) is 4.79 Å². The van der Waals surface area contributed by atoms with Crippen LogP contribution in [0.1, 0.15) is 37.6 Å². The van der Waals surface area contributed by atoms with Crippen molar-refractivity contribution in [2.75, 3.05) is 6.61 Å². The van der Waals surface area contributed by atoms with Gasteiger partial charge in [0, 0.05) is 10.0 Å². The Morgan fingerprint density at radius 3 is 2.59 bits per heavy atom. The number of carbonyl (C=O) groups excluding carboxylic acids is 1. The zero-order valence-corrected chi connectivity index (χ0v) is 11.9. The van der Waals surface area contributed by atoms with Crippen molar-refractivity contribution in [3.8, 4) is 11.5 Å². The van der Waals surface area contributed by atoms with Gasteiger partial charge < -0.3 is 9.47 Å². The molecule has 1 aromatic carbocycles. The van der Waals surface area contributed by atoms with Crippen molar-refractivity contribution in [2.45, 2.75) is 33.3 Å². The summed E-state index contributed by atoms with van der Waals surface area (Å²) >= 11 is 3.34. The van der Waals surface area contributed by atoms with Gasteiger partial charge in [-0.2, -0.15) is 0 Å². The Balaban J connectivity index is 3.08. The number of ether oxygens (including phenoxy) is 2. The van der Waals surface area contributed by atoms with Gasteiger partial charge in [-0.05, 0) is 48.3 Å². The highest BCUT2D eigenvalue weighted by molar-refractivity contribution is 9.10. The normalized spacial score (nSPS) is 12.0. The average molecular weight is 301 g/mol. The van der Waals surface area contributed by atoms with Crippen LogP contribution in [0.4, 0.5) is 0 Å². The molecule has 0 bridgehead atoms. The van der Waals surface area contributed by atoms with E-state index in [1.165, 1.54) is 0 Å². The summed E-state index contributed by atoms with van der Waals surface area (Å²) in [6, 6.07) is 3.47. The number of halogens is 1. The summed E-state index contributed by atoms with van der Waals surface area (Å²) in [5, 5.41) is 0. The quantitative estimate of drug-likeness (QED) is 0.749. The highest BCUT2D eigenvalue weighted by Crippen LogP contribution is 2.34. The third kappa shape index (κ3) is 3.73. The Labute approximate surface area is 110 Å². The maximum Gasteiger partial charge on any atom is 0.162 e. The summed E-state index contributed by atoms with van der Waals surface area (Å²) in [5.41, 5.74) is 0.560. The first-order valence-electron chi connectivity index (χ1n) is 5.70. The fraction of sp³-hybridized carbons (Fsp3) is 0.462. The van der Waals surface area contributed by atoms with Crippen molar-refractivity contribution in [1.82, 2.24) is 0 Å². The molecule has 4 heteroatoms. The van der Waals surface area contributed by atoms with E-state index in [1.54, 1.807) is 12.1 Å². The van der Waals surface area contributed by atoms with E-state index in [1.807, 2.05) is 13.8 Å². The van der Waals surface area contributed by atoms with Crippen molar-refractivity contribution in [3.05, 3.63) is 22.2 Å². The second-order valence-corrected chi connectivity index (χ2v) is 4.56. The topological polar surface area (TPSA) is 35.5 Å². The number of aldehydes is 1. The van der Waals surface area contributed by atoms with Crippen LogP contribution in [0.15, 0.2) is 16.6 Å². The summed E-state index contributed by atoms with van der Waals surface area (Å²) in [4.78, 5) is 10.8. The molecule has 0 radical (unpaired) electrons. The third-order valence-corrected chi connectivity index (χ3v) is 3.08. The Morgan fingerprint density at radius 1 is 1.35 bits per heavy atom. The summed E-state index contributed by atoms with van der Waals surface area (Å²) in [5.74, 6) is 1.27. The van der Waals surface area contributed by atoms with Gasteiger partial charge in [-0.25, -0.2) is 0 Å². The van der Waals surface area contributed by atoms with Crippen molar-refractivity contribution in [2.24, 2.45) is 0 Å². The van der Waals surface area contributed by atoms with E-state index < -0.39 is 0 Å². The van der Waals surface area contributed by atoms with Crippen molar-refractivity contribution < 1.29 is 14.3 Å². The van der Waals surface area contributed by atoms with Crippen molar-refractivity contribution in [1.29, 1.82) is 0 Å². The van der Waals surface area contributed by atoms with Gasteiger partial charge in [-0.1, -0.05) is 6.92 Å². The molecule has 3 nitrogen and oxygen atoms in total. The molecule has 0 saturated carbocycles. The van der Waals surface area contributed by atoms with Crippen molar-refractivity contribution in [3.63, 3.8) is 0 Å². The summed E-state index contributed by atoms with van der Waals surface area (Å²) in [6.45, 7) is 6.49. The lowest BCUT2D eigenvalue weighted by atomic mass is 10.2. The zero-order chi connectivity index (χ0) is 12.8. The van der Waals surface area contributed by atoms with E-state index in [0.29, 0.717) is 28.1 Å². The number of benzene rings is 1. The largest absolute Gasteiger partial charge is 0.490 e. The van der Waals surface area contributed by atoms with Crippen LogP contribution in [0, 0.1) is 0 Å². The minimum Gasteiger partial charge on any atom is -0.490 e. The molecule has 0 aliphatic rings. The molecule has 0 unspecified atom stereocenters. The lowest BCUT2D eigenvalue weighted by Gasteiger charge is -2.17. The Kier molecular flexibility index (Phi) is 5.48. The summed E-state index contributed by atoms with van der Waals surface area (Å²) in [7, 11) is 0. The van der Waals surface area contributed by atoms with Gasteiger partial charge in [0.1, 0.15) is 0 Å². The predicted molar refractivity (Wildman–Crippen MR) is 71.1 cm³/mol. The van der Waals surface area contributed by atoms with Crippen LogP contribution in [0.2, 0.25) is 0 Å². The van der Waals surface area contributed by atoms with Gasteiger partial charge in [0.15, 0.2) is 17.8 Å². The highest BCUT2D eigenvalue weighted by Gasteiger charge is 2.12. The second kappa shape index (κ2) is 6.64. The molecular formula is C13H17BrO3. The van der Waals surface area contributed by atoms with Gasteiger partial charge in [-0.15, -0.1) is 0 Å². The molecule has 1 aromatic rings. The third-order valence-electron chi connectivity index (χ3n) is 2.39. The fourth-order valence-corrected chi connectivity index (χ4v) is 1.72. The molecule has 0 N–H and O–H groups in total. The van der Waals surface area contributed by atoms with Crippen LogP contribution in [0.5, 0.6) is 11.5 Å². The molecule has 0 aliphatic carbocycles. The standard InChI is InChI=1S/C13H17BrO3/c1-4-9(3)17-13-7-11(14)10(8-15)6-12(13)16-5-2/h6-9H,4-5H2,1-3H3/t9-/m0/s1. The number of hydrogen-bond donors (Lipinski definition) is 0. The molecule has 1 rings (SSSR count). The molecule has 0 amide bonds. The van der Waals surface area contributed by atoms with E-state index in [9.17, 15) is 4.79 Å². The molecule has 0 fully saturated rings. The number of carbonyl (C=O) groups is 1. The van der Waals surface area contributed by atoms with Gasteiger partial charge in [0.25, 0.3) is 0 Å². The molecule has 0 heterocycles. The molecule has 0 aromatic heterocycles. The Morgan fingerprint density at radius 2 is 2.06 bits per heavy atom. The van der Waals surface area contributed by atoms with Crippen LogP contribution in [0.3, 0.4) is 0 Å². The highest BCUT2D eigenvalue weighted by atomic mass is 79.9. The minimum absolute atomic E-state index is 0.114. The summed E-state index contributed by atoms with van der Waals surface area (Å²) in [6.07, 6.45) is 1.82. The van der Waals surface area contributed by atoms with Crippen molar-refractivity contribution >= 4 is 22.2 Å².